The minimum absolute atomic E-state index is 0.174. The second kappa shape index (κ2) is 4.94. The predicted octanol–water partition coefficient (Wildman–Crippen LogP) is 2.33. The third-order valence-electron chi connectivity index (χ3n) is 3.56. The molecule has 0 aromatic heterocycles. The number of benzene rings is 1. The quantitative estimate of drug-likeness (QED) is 0.659. The first-order valence-corrected chi connectivity index (χ1v) is 6.18. The molecule has 1 fully saturated rings. The van der Waals surface area contributed by atoms with Crippen molar-refractivity contribution in [2.24, 2.45) is 0 Å². The molecule has 0 bridgehead atoms. The van der Waals surface area contributed by atoms with Gasteiger partial charge in [0.15, 0.2) is 0 Å². The second-order valence-electron chi connectivity index (χ2n) is 5.10. The number of likely N-dealkylation sites (tertiary alicyclic amines) is 1. The van der Waals surface area contributed by atoms with Crippen molar-refractivity contribution in [3.63, 3.8) is 0 Å². The maximum atomic E-state index is 11.1. The number of hydrogen-bond donors (Lipinski definition) is 1. The van der Waals surface area contributed by atoms with Crippen LogP contribution in [0.4, 0.5) is 11.4 Å². The normalized spacial score (nSPS) is 20.1. The van der Waals surface area contributed by atoms with Crippen molar-refractivity contribution in [1.29, 1.82) is 0 Å². The first-order chi connectivity index (χ1) is 8.47. The number of nitro groups is 1. The van der Waals surface area contributed by atoms with E-state index in [0.29, 0.717) is 11.7 Å². The van der Waals surface area contributed by atoms with E-state index in [0.717, 1.165) is 30.6 Å². The van der Waals surface area contributed by atoms with E-state index in [2.05, 4.69) is 17.3 Å². The van der Waals surface area contributed by atoms with Crippen molar-refractivity contribution in [2.45, 2.75) is 26.3 Å². The molecule has 1 saturated heterocycles. The minimum Gasteiger partial charge on any atom is -0.375 e. The zero-order valence-corrected chi connectivity index (χ0v) is 11.1. The Morgan fingerprint density at radius 3 is 2.61 bits per heavy atom. The van der Waals surface area contributed by atoms with Gasteiger partial charge in [-0.1, -0.05) is 0 Å². The molecule has 98 valence electrons. The molecule has 2 rings (SSSR count). The van der Waals surface area contributed by atoms with Crippen LogP contribution in [-0.4, -0.2) is 36.0 Å². The molecular formula is C13H19N3O2. The Bertz CT molecular complexity index is 474. The fourth-order valence-corrected chi connectivity index (χ4v) is 2.34. The van der Waals surface area contributed by atoms with Crippen LogP contribution in [0.25, 0.3) is 0 Å². The van der Waals surface area contributed by atoms with Crippen molar-refractivity contribution in [3.05, 3.63) is 33.4 Å². The molecule has 1 unspecified atom stereocenters. The third kappa shape index (κ3) is 2.61. The van der Waals surface area contributed by atoms with Crippen molar-refractivity contribution in [2.75, 3.05) is 25.5 Å². The van der Waals surface area contributed by atoms with E-state index >= 15 is 0 Å². The number of nitrogens with one attached hydrogen (secondary N) is 1. The Morgan fingerprint density at radius 2 is 2.06 bits per heavy atom. The van der Waals surface area contributed by atoms with Gasteiger partial charge in [0.1, 0.15) is 5.69 Å². The fraction of sp³-hybridized carbons (Fsp3) is 0.538. The average molecular weight is 249 g/mol. The highest BCUT2D eigenvalue weighted by Crippen LogP contribution is 2.29. The monoisotopic (exact) mass is 249 g/mol. The van der Waals surface area contributed by atoms with E-state index in [1.807, 2.05) is 19.9 Å². The number of rotatable bonds is 3. The summed E-state index contributed by atoms with van der Waals surface area (Å²) in [6.07, 6.45) is 1.03. The van der Waals surface area contributed by atoms with Crippen LogP contribution < -0.4 is 5.32 Å². The molecule has 1 aliphatic heterocycles. The van der Waals surface area contributed by atoms with Gasteiger partial charge in [0, 0.05) is 18.7 Å². The minimum atomic E-state index is -0.312. The summed E-state index contributed by atoms with van der Waals surface area (Å²) in [7, 11) is 2.07. The highest BCUT2D eigenvalue weighted by atomic mass is 16.6. The van der Waals surface area contributed by atoms with Crippen LogP contribution in [0.2, 0.25) is 0 Å². The van der Waals surface area contributed by atoms with Gasteiger partial charge in [-0.25, -0.2) is 0 Å². The lowest BCUT2D eigenvalue weighted by Crippen LogP contribution is -2.24. The molecule has 0 amide bonds. The number of anilines is 1. The zero-order valence-electron chi connectivity index (χ0n) is 11.1. The molecular weight excluding hydrogens is 230 g/mol. The third-order valence-corrected chi connectivity index (χ3v) is 3.56. The molecule has 1 N–H and O–H groups in total. The van der Waals surface area contributed by atoms with E-state index in [9.17, 15) is 10.1 Å². The molecule has 0 spiro atoms. The van der Waals surface area contributed by atoms with Gasteiger partial charge in [-0.3, -0.25) is 10.1 Å². The second-order valence-corrected chi connectivity index (χ2v) is 5.10. The Kier molecular flexibility index (Phi) is 3.52. The summed E-state index contributed by atoms with van der Waals surface area (Å²) >= 11 is 0. The highest BCUT2D eigenvalue weighted by molar-refractivity contribution is 5.65. The molecule has 0 radical (unpaired) electrons. The summed E-state index contributed by atoms with van der Waals surface area (Å²) in [5, 5.41) is 14.4. The zero-order chi connectivity index (χ0) is 13.3. The SMILES string of the molecule is Cc1cc(NC2CCN(C)C2)c([N+](=O)[O-])cc1C. The van der Waals surface area contributed by atoms with Crippen LogP contribution in [-0.2, 0) is 0 Å². The van der Waals surface area contributed by atoms with Gasteiger partial charge in [-0.2, -0.15) is 0 Å². The van der Waals surface area contributed by atoms with Gasteiger partial charge in [0.25, 0.3) is 5.69 Å². The number of aryl methyl sites for hydroxylation is 2. The summed E-state index contributed by atoms with van der Waals surface area (Å²) < 4.78 is 0. The fourth-order valence-electron chi connectivity index (χ4n) is 2.34. The molecule has 5 nitrogen and oxygen atoms in total. The van der Waals surface area contributed by atoms with E-state index < -0.39 is 0 Å². The van der Waals surface area contributed by atoms with Crippen LogP contribution in [0, 0.1) is 24.0 Å². The molecule has 1 aromatic carbocycles. The smallest absolute Gasteiger partial charge is 0.292 e. The van der Waals surface area contributed by atoms with Crippen molar-refractivity contribution in [1.82, 2.24) is 4.90 Å². The number of likely N-dealkylation sites (N-methyl/N-ethyl adjacent to an activating group) is 1. The van der Waals surface area contributed by atoms with Gasteiger partial charge < -0.3 is 10.2 Å². The molecule has 5 heteroatoms. The van der Waals surface area contributed by atoms with Gasteiger partial charge in [0.05, 0.1) is 4.92 Å². The van der Waals surface area contributed by atoms with Crippen molar-refractivity contribution >= 4 is 11.4 Å². The Labute approximate surface area is 107 Å². The summed E-state index contributed by atoms with van der Waals surface area (Å²) in [5.41, 5.74) is 2.85. The molecule has 1 atom stereocenters. The predicted molar refractivity (Wildman–Crippen MR) is 72.1 cm³/mol. The van der Waals surface area contributed by atoms with E-state index in [4.69, 9.17) is 0 Å². The van der Waals surface area contributed by atoms with Crippen LogP contribution in [0.15, 0.2) is 12.1 Å². The molecule has 1 aliphatic rings. The van der Waals surface area contributed by atoms with Gasteiger partial charge in [-0.15, -0.1) is 0 Å². The Morgan fingerprint density at radius 1 is 1.39 bits per heavy atom. The number of nitro benzene ring substituents is 1. The number of hydrogen-bond acceptors (Lipinski definition) is 4. The summed E-state index contributed by atoms with van der Waals surface area (Å²) in [6, 6.07) is 3.83. The first-order valence-electron chi connectivity index (χ1n) is 6.18. The van der Waals surface area contributed by atoms with E-state index in [1.54, 1.807) is 6.07 Å². The lowest BCUT2D eigenvalue weighted by molar-refractivity contribution is -0.384. The Hall–Kier alpha value is -1.62. The molecule has 1 heterocycles. The largest absolute Gasteiger partial charge is 0.375 e. The van der Waals surface area contributed by atoms with Crippen LogP contribution in [0.5, 0.6) is 0 Å². The average Bonchev–Trinajstić information content (AvgIpc) is 2.68. The van der Waals surface area contributed by atoms with E-state index in [1.165, 1.54) is 0 Å². The van der Waals surface area contributed by atoms with Gasteiger partial charge in [-0.05, 0) is 51.1 Å². The molecule has 18 heavy (non-hydrogen) atoms. The summed E-state index contributed by atoms with van der Waals surface area (Å²) in [5.74, 6) is 0. The Balaban J connectivity index is 2.25. The standard InChI is InChI=1S/C13H19N3O2/c1-9-6-12(13(16(17)18)7-10(9)2)14-11-4-5-15(3)8-11/h6-7,11,14H,4-5,8H2,1-3H3. The molecule has 1 aromatic rings. The lowest BCUT2D eigenvalue weighted by atomic mass is 10.1. The maximum absolute atomic E-state index is 11.1. The van der Waals surface area contributed by atoms with E-state index in [-0.39, 0.29) is 10.6 Å². The first kappa shape index (κ1) is 12.8. The van der Waals surface area contributed by atoms with Crippen molar-refractivity contribution < 1.29 is 4.92 Å². The van der Waals surface area contributed by atoms with Gasteiger partial charge in [0.2, 0.25) is 0 Å². The van der Waals surface area contributed by atoms with Gasteiger partial charge >= 0.3 is 0 Å². The van der Waals surface area contributed by atoms with Crippen molar-refractivity contribution in [3.8, 4) is 0 Å². The maximum Gasteiger partial charge on any atom is 0.292 e. The summed E-state index contributed by atoms with van der Waals surface area (Å²) in [4.78, 5) is 13.0. The molecule has 0 aliphatic carbocycles. The number of nitrogens with zero attached hydrogens (tertiary/aromatic N) is 2. The van der Waals surface area contributed by atoms with Crippen LogP contribution >= 0.6 is 0 Å². The summed E-state index contributed by atoms with van der Waals surface area (Å²) in [6.45, 7) is 5.85. The highest BCUT2D eigenvalue weighted by Gasteiger charge is 2.23. The molecule has 0 saturated carbocycles. The lowest BCUT2D eigenvalue weighted by Gasteiger charge is -2.15. The van der Waals surface area contributed by atoms with Crippen LogP contribution in [0.3, 0.4) is 0 Å². The van der Waals surface area contributed by atoms with Crippen LogP contribution in [0.1, 0.15) is 17.5 Å². The topological polar surface area (TPSA) is 58.4 Å².